The van der Waals surface area contributed by atoms with E-state index in [1.807, 2.05) is 0 Å². The highest BCUT2D eigenvalue weighted by atomic mass is 35.5. The molecule has 140 valence electrons. The van der Waals surface area contributed by atoms with E-state index in [1.54, 1.807) is 31.2 Å². The summed E-state index contributed by atoms with van der Waals surface area (Å²) in [6.45, 7) is 2.28. The van der Waals surface area contributed by atoms with E-state index in [0.29, 0.717) is 29.2 Å². The number of urea groups is 1. The van der Waals surface area contributed by atoms with E-state index in [-0.39, 0.29) is 23.1 Å². The Bertz CT molecular complexity index is 930. The number of halogens is 2. The summed E-state index contributed by atoms with van der Waals surface area (Å²) < 4.78 is 24.6. The highest BCUT2D eigenvalue weighted by Gasteiger charge is 2.23. The summed E-state index contributed by atoms with van der Waals surface area (Å²) in [7, 11) is 0. The molecule has 6 nitrogen and oxygen atoms in total. The molecule has 0 bridgehead atoms. The number of benzene rings is 2. The number of ether oxygens (including phenoxy) is 2. The van der Waals surface area contributed by atoms with Crippen LogP contribution in [0.5, 0.6) is 11.5 Å². The van der Waals surface area contributed by atoms with E-state index in [9.17, 15) is 14.0 Å². The van der Waals surface area contributed by atoms with Crippen molar-refractivity contribution >= 4 is 29.6 Å². The van der Waals surface area contributed by atoms with Crippen LogP contribution in [0, 0.1) is 5.82 Å². The van der Waals surface area contributed by atoms with Gasteiger partial charge in [0.1, 0.15) is 18.1 Å². The van der Waals surface area contributed by atoms with E-state index in [0.717, 1.165) is 0 Å². The Balaban J connectivity index is 1.87. The Morgan fingerprint density at radius 2 is 1.96 bits per heavy atom. The number of rotatable bonds is 6. The fourth-order valence-corrected chi connectivity index (χ4v) is 2.78. The molecule has 1 fully saturated rings. The lowest BCUT2D eigenvalue weighted by molar-refractivity contribution is -0.115. The van der Waals surface area contributed by atoms with Crippen LogP contribution in [0.3, 0.4) is 0 Å². The highest BCUT2D eigenvalue weighted by molar-refractivity contribution is 6.32. The van der Waals surface area contributed by atoms with Gasteiger partial charge in [-0.1, -0.05) is 23.7 Å². The van der Waals surface area contributed by atoms with Gasteiger partial charge in [-0.05, 0) is 48.4 Å². The van der Waals surface area contributed by atoms with Gasteiger partial charge in [-0.2, -0.15) is 0 Å². The number of amides is 3. The topological polar surface area (TPSA) is 76.7 Å². The minimum Gasteiger partial charge on any atom is -0.490 e. The highest BCUT2D eigenvalue weighted by Crippen LogP contribution is 2.38. The van der Waals surface area contributed by atoms with Gasteiger partial charge < -0.3 is 14.8 Å². The van der Waals surface area contributed by atoms with Gasteiger partial charge in [0.25, 0.3) is 5.91 Å². The van der Waals surface area contributed by atoms with Gasteiger partial charge in [0.2, 0.25) is 0 Å². The SMILES string of the molecule is CCOc1cc(/C=C2\NC(=O)NC2=O)cc(Cl)c1OCc1cccc(F)c1. The second-order valence-corrected chi connectivity index (χ2v) is 6.06. The van der Waals surface area contributed by atoms with Crippen molar-refractivity contribution < 1.29 is 23.5 Å². The molecule has 2 N–H and O–H groups in total. The summed E-state index contributed by atoms with van der Waals surface area (Å²) in [6, 6.07) is 8.68. The van der Waals surface area contributed by atoms with Gasteiger partial charge in [0, 0.05) is 0 Å². The molecule has 1 saturated heterocycles. The molecule has 3 rings (SSSR count). The number of carbonyl (C=O) groups is 2. The maximum Gasteiger partial charge on any atom is 0.326 e. The molecule has 3 amide bonds. The molecule has 1 aliphatic heterocycles. The lowest BCUT2D eigenvalue weighted by Crippen LogP contribution is -2.22. The quantitative estimate of drug-likeness (QED) is 0.583. The zero-order chi connectivity index (χ0) is 19.4. The van der Waals surface area contributed by atoms with E-state index >= 15 is 0 Å². The van der Waals surface area contributed by atoms with Gasteiger partial charge in [0.05, 0.1) is 11.6 Å². The number of carbonyl (C=O) groups excluding carboxylic acids is 2. The minimum absolute atomic E-state index is 0.104. The lowest BCUT2D eigenvalue weighted by atomic mass is 10.1. The van der Waals surface area contributed by atoms with Crippen molar-refractivity contribution in [3.05, 3.63) is 64.1 Å². The van der Waals surface area contributed by atoms with E-state index in [4.69, 9.17) is 21.1 Å². The fourth-order valence-electron chi connectivity index (χ4n) is 2.51. The third-order valence-corrected chi connectivity index (χ3v) is 3.92. The molecule has 27 heavy (non-hydrogen) atoms. The second-order valence-electron chi connectivity index (χ2n) is 5.65. The van der Waals surface area contributed by atoms with Crippen LogP contribution in [0.1, 0.15) is 18.1 Å². The largest absolute Gasteiger partial charge is 0.490 e. The molecule has 0 spiro atoms. The Kier molecular flexibility index (Phi) is 5.61. The summed E-state index contributed by atoms with van der Waals surface area (Å²) in [4.78, 5) is 22.9. The average molecular weight is 391 g/mol. The van der Waals surface area contributed by atoms with Gasteiger partial charge in [-0.3, -0.25) is 10.1 Å². The normalized spacial score (nSPS) is 14.9. The van der Waals surface area contributed by atoms with Crippen molar-refractivity contribution in [2.45, 2.75) is 13.5 Å². The predicted molar refractivity (Wildman–Crippen MR) is 98.0 cm³/mol. The molecule has 0 radical (unpaired) electrons. The molecular formula is C19H16ClFN2O4. The maximum atomic E-state index is 13.3. The van der Waals surface area contributed by atoms with Crippen molar-refractivity contribution in [3.8, 4) is 11.5 Å². The molecule has 2 aromatic rings. The van der Waals surface area contributed by atoms with Crippen LogP contribution >= 0.6 is 11.6 Å². The van der Waals surface area contributed by atoms with E-state index < -0.39 is 11.9 Å². The van der Waals surface area contributed by atoms with Crippen molar-refractivity contribution in [2.75, 3.05) is 6.61 Å². The zero-order valence-electron chi connectivity index (χ0n) is 14.3. The van der Waals surface area contributed by atoms with Crippen LogP contribution in [-0.4, -0.2) is 18.5 Å². The van der Waals surface area contributed by atoms with Crippen LogP contribution in [0.15, 0.2) is 42.1 Å². The van der Waals surface area contributed by atoms with Gasteiger partial charge in [-0.25, -0.2) is 9.18 Å². The van der Waals surface area contributed by atoms with Crippen molar-refractivity contribution in [3.63, 3.8) is 0 Å². The third kappa shape index (κ3) is 4.57. The summed E-state index contributed by atoms with van der Waals surface area (Å²) in [5.41, 5.74) is 1.30. The van der Waals surface area contributed by atoms with Gasteiger partial charge in [-0.15, -0.1) is 0 Å². The van der Waals surface area contributed by atoms with Crippen LogP contribution in [0.25, 0.3) is 6.08 Å². The number of nitrogens with one attached hydrogen (secondary N) is 2. The van der Waals surface area contributed by atoms with Crippen LogP contribution in [-0.2, 0) is 11.4 Å². The van der Waals surface area contributed by atoms with E-state index in [2.05, 4.69) is 10.6 Å². The molecule has 1 aliphatic rings. The molecular weight excluding hydrogens is 375 g/mol. The fraction of sp³-hybridized carbons (Fsp3) is 0.158. The molecule has 0 unspecified atom stereocenters. The Morgan fingerprint density at radius 1 is 1.15 bits per heavy atom. The van der Waals surface area contributed by atoms with E-state index in [1.165, 1.54) is 18.2 Å². The first-order chi connectivity index (χ1) is 13.0. The maximum absolute atomic E-state index is 13.3. The predicted octanol–water partition coefficient (Wildman–Crippen LogP) is 3.64. The summed E-state index contributed by atoms with van der Waals surface area (Å²) in [5.74, 6) is -0.200. The first kappa shape index (κ1) is 18.7. The molecule has 0 saturated carbocycles. The Labute approximate surface area is 159 Å². The summed E-state index contributed by atoms with van der Waals surface area (Å²) in [5, 5.41) is 4.78. The van der Waals surface area contributed by atoms with Crippen molar-refractivity contribution in [1.82, 2.24) is 10.6 Å². The van der Waals surface area contributed by atoms with Crippen molar-refractivity contribution in [2.24, 2.45) is 0 Å². The van der Waals surface area contributed by atoms with Crippen LogP contribution in [0.2, 0.25) is 5.02 Å². The lowest BCUT2D eigenvalue weighted by Gasteiger charge is -2.15. The number of hydrogen-bond donors (Lipinski definition) is 2. The minimum atomic E-state index is -0.586. The van der Waals surface area contributed by atoms with Gasteiger partial charge >= 0.3 is 6.03 Å². The molecule has 0 aliphatic carbocycles. The number of imide groups is 1. The Morgan fingerprint density at radius 3 is 2.63 bits per heavy atom. The number of hydrogen-bond acceptors (Lipinski definition) is 4. The monoisotopic (exact) mass is 390 g/mol. The first-order valence-corrected chi connectivity index (χ1v) is 8.51. The Hall–Kier alpha value is -3.06. The summed E-state index contributed by atoms with van der Waals surface area (Å²) in [6.07, 6.45) is 1.48. The molecule has 0 atom stereocenters. The zero-order valence-corrected chi connectivity index (χ0v) is 15.1. The average Bonchev–Trinajstić information content (AvgIpc) is 2.91. The molecule has 1 heterocycles. The smallest absolute Gasteiger partial charge is 0.326 e. The summed E-state index contributed by atoms with van der Waals surface area (Å²) >= 11 is 6.32. The standard InChI is InChI=1S/C19H16ClFN2O4/c1-2-26-16-9-12(8-15-18(24)23-19(25)22-15)7-14(20)17(16)27-10-11-4-3-5-13(21)6-11/h3-9H,2,10H2,1H3,(H2,22,23,24,25)/b15-8-. The molecule has 0 aromatic heterocycles. The third-order valence-electron chi connectivity index (χ3n) is 3.63. The molecule has 8 heteroatoms. The van der Waals surface area contributed by atoms with Crippen LogP contribution < -0.4 is 20.1 Å². The second kappa shape index (κ2) is 8.09. The van der Waals surface area contributed by atoms with Gasteiger partial charge in [0.15, 0.2) is 11.5 Å². The van der Waals surface area contributed by atoms with Crippen LogP contribution in [0.4, 0.5) is 9.18 Å². The molecule has 2 aromatic carbocycles. The first-order valence-electron chi connectivity index (χ1n) is 8.14. The van der Waals surface area contributed by atoms with Crippen molar-refractivity contribution in [1.29, 1.82) is 0 Å².